The third-order valence-corrected chi connectivity index (χ3v) is 3.94. The van der Waals surface area contributed by atoms with Crippen molar-refractivity contribution in [1.29, 1.82) is 0 Å². The van der Waals surface area contributed by atoms with Crippen LogP contribution >= 0.6 is 0 Å². The summed E-state index contributed by atoms with van der Waals surface area (Å²) in [6.45, 7) is 10.4. The highest BCUT2D eigenvalue weighted by atomic mass is 14.9. The number of hydrogen-bond acceptors (Lipinski definition) is 1. The van der Waals surface area contributed by atoms with Gasteiger partial charge in [0.1, 0.15) is 0 Å². The van der Waals surface area contributed by atoms with Crippen molar-refractivity contribution in [2.45, 2.75) is 52.4 Å². The van der Waals surface area contributed by atoms with E-state index < -0.39 is 0 Å². The molecule has 0 aromatic heterocycles. The van der Waals surface area contributed by atoms with Crippen LogP contribution in [0.1, 0.15) is 63.5 Å². The third kappa shape index (κ3) is 2.48. The van der Waals surface area contributed by atoms with Gasteiger partial charge in [0.05, 0.1) is 0 Å². The molecular weight excluding hydrogens is 206 g/mol. The maximum Gasteiger partial charge on any atom is 0.0378 e. The number of nitrogens with one attached hydrogen (secondary N) is 1. The van der Waals surface area contributed by atoms with Gasteiger partial charge in [-0.1, -0.05) is 39.8 Å². The Balaban J connectivity index is 2.52. The second-order valence-electron chi connectivity index (χ2n) is 5.88. The van der Waals surface area contributed by atoms with Crippen molar-refractivity contribution >= 4 is 5.69 Å². The Bertz CT molecular complexity index is 379. The summed E-state index contributed by atoms with van der Waals surface area (Å²) in [6, 6.07) is 6.76. The molecule has 1 aliphatic rings. The minimum absolute atomic E-state index is 0.617. The molecule has 94 valence electrons. The van der Waals surface area contributed by atoms with Crippen LogP contribution in [0.3, 0.4) is 0 Å². The van der Waals surface area contributed by atoms with Crippen molar-refractivity contribution in [3.63, 3.8) is 0 Å². The fourth-order valence-electron chi connectivity index (χ4n) is 3.01. The molecule has 1 nitrogen and oxygen atoms in total. The molecule has 0 aliphatic carbocycles. The van der Waals surface area contributed by atoms with E-state index in [0.29, 0.717) is 5.92 Å². The molecule has 0 bridgehead atoms. The Morgan fingerprint density at radius 3 is 2.59 bits per heavy atom. The molecule has 1 aromatic carbocycles. The zero-order valence-electron chi connectivity index (χ0n) is 11.6. The first-order valence-electron chi connectivity index (χ1n) is 6.98. The monoisotopic (exact) mass is 231 g/mol. The summed E-state index contributed by atoms with van der Waals surface area (Å²) in [7, 11) is 0. The number of rotatable bonds is 2. The fraction of sp³-hybridized carbons (Fsp3) is 0.625. The lowest BCUT2D eigenvalue weighted by Crippen LogP contribution is -2.10. The van der Waals surface area contributed by atoms with Gasteiger partial charge in [-0.15, -0.1) is 0 Å². The molecule has 1 aliphatic heterocycles. The molecule has 0 radical (unpaired) electrons. The smallest absolute Gasteiger partial charge is 0.0378 e. The molecule has 1 heteroatoms. The molecule has 0 fully saturated rings. The van der Waals surface area contributed by atoms with Crippen molar-refractivity contribution in [1.82, 2.24) is 0 Å². The van der Waals surface area contributed by atoms with Gasteiger partial charge in [-0.25, -0.2) is 0 Å². The highest BCUT2D eigenvalue weighted by Gasteiger charge is 2.24. The lowest BCUT2D eigenvalue weighted by Gasteiger charge is -2.25. The molecule has 1 N–H and O–H groups in total. The first-order chi connectivity index (χ1) is 8.11. The summed E-state index contributed by atoms with van der Waals surface area (Å²) in [6.07, 6.45) is 2.61. The van der Waals surface area contributed by atoms with E-state index in [1.807, 2.05) is 0 Å². The Morgan fingerprint density at radius 2 is 1.94 bits per heavy atom. The summed E-state index contributed by atoms with van der Waals surface area (Å²) in [5.41, 5.74) is 4.51. The summed E-state index contributed by atoms with van der Waals surface area (Å²) < 4.78 is 0. The lowest BCUT2D eigenvalue weighted by atomic mass is 9.80. The van der Waals surface area contributed by atoms with Crippen LogP contribution in [0, 0.1) is 5.92 Å². The quantitative estimate of drug-likeness (QED) is 0.774. The first-order valence-corrected chi connectivity index (χ1v) is 6.98. The van der Waals surface area contributed by atoms with E-state index >= 15 is 0 Å². The van der Waals surface area contributed by atoms with E-state index in [0.717, 1.165) is 18.4 Å². The highest BCUT2D eigenvalue weighted by Crippen LogP contribution is 2.40. The Morgan fingerprint density at radius 1 is 1.18 bits per heavy atom. The molecule has 1 unspecified atom stereocenters. The molecule has 1 aromatic rings. The van der Waals surface area contributed by atoms with Gasteiger partial charge in [-0.2, -0.15) is 0 Å². The minimum atomic E-state index is 0.617. The van der Waals surface area contributed by atoms with Crippen LogP contribution in [-0.2, 0) is 0 Å². The normalized spacial score (nSPS) is 20.0. The largest absolute Gasteiger partial charge is 0.385 e. The Kier molecular flexibility index (Phi) is 3.76. The van der Waals surface area contributed by atoms with Crippen LogP contribution in [-0.4, -0.2) is 6.54 Å². The maximum atomic E-state index is 3.61. The van der Waals surface area contributed by atoms with Crippen LogP contribution in [0.25, 0.3) is 0 Å². The van der Waals surface area contributed by atoms with Gasteiger partial charge < -0.3 is 5.32 Å². The van der Waals surface area contributed by atoms with Gasteiger partial charge in [0, 0.05) is 12.2 Å². The topological polar surface area (TPSA) is 12.0 Å². The third-order valence-electron chi connectivity index (χ3n) is 3.94. The second-order valence-corrected chi connectivity index (χ2v) is 5.88. The molecular formula is C16H25N. The first kappa shape index (κ1) is 12.5. The number of anilines is 1. The van der Waals surface area contributed by atoms with Gasteiger partial charge in [0.2, 0.25) is 0 Å². The van der Waals surface area contributed by atoms with E-state index in [2.05, 4.69) is 51.2 Å². The maximum absolute atomic E-state index is 3.61. The van der Waals surface area contributed by atoms with E-state index in [-0.39, 0.29) is 0 Å². The average Bonchev–Trinajstić information content (AvgIpc) is 2.50. The van der Waals surface area contributed by atoms with Crippen molar-refractivity contribution in [2.24, 2.45) is 5.92 Å². The molecule has 1 atom stereocenters. The number of fused-ring (bicyclic) bond motifs is 1. The molecule has 0 saturated heterocycles. The van der Waals surface area contributed by atoms with Crippen LogP contribution in [0.15, 0.2) is 18.2 Å². The Labute approximate surface area is 106 Å². The molecule has 0 spiro atoms. The average molecular weight is 231 g/mol. The van der Waals surface area contributed by atoms with Crippen LogP contribution < -0.4 is 5.32 Å². The SMILES string of the molecule is CC(C)c1cccc2c1C(C(C)C)CCCN2. The fourth-order valence-corrected chi connectivity index (χ4v) is 3.01. The summed E-state index contributed by atoms with van der Waals surface area (Å²) in [4.78, 5) is 0. The molecule has 0 amide bonds. The summed E-state index contributed by atoms with van der Waals surface area (Å²) in [5, 5.41) is 3.61. The van der Waals surface area contributed by atoms with E-state index in [9.17, 15) is 0 Å². The van der Waals surface area contributed by atoms with E-state index in [1.165, 1.54) is 24.1 Å². The molecule has 1 heterocycles. The van der Waals surface area contributed by atoms with Gasteiger partial charge in [0.25, 0.3) is 0 Å². The molecule has 0 saturated carbocycles. The van der Waals surface area contributed by atoms with Crippen molar-refractivity contribution in [3.8, 4) is 0 Å². The standard InChI is InChI=1S/C16H25N/c1-11(2)13-7-5-9-15-16(13)14(12(3)4)8-6-10-17-15/h5,7,9,11-12,14,17H,6,8,10H2,1-4H3. The highest BCUT2D eigenvalue weighted by molar-refractivity contribution is 5.58. The van der Waals surface area contributed by atoms with E-state index in [1.54, 1.807) is 5.56 Å². The van der Waals surface area contributed by atoms with Gasteiger partial charge in [-0.05, 0) is 47.8 Å². The van der Waals surface area contributed by atoms with Gasteiger partial charge >= 0.3 is 0 Å². The number of benzene rings is 1. The van der Waals surface area contributed by atoms with E-state index in [4.69, 9.17) is 0 Å². The predicted octanol–water partition coefficient (Wildman–Crippen LogP) is 4.76. The molecule has 2 rings (SSSR count). The van der Waals surface area contributed by atoms with Crippen LogP contribution in [0.4, 0.5) is 5.69 Å². The number of hydrogen-bond donors (Lipinski definition) is 1. The van der Waals surface area contributed by atoms with Crippen molar-refractivity contribution in [2.75, 3.05) is 11.9 Å². The minimum Gasteiger partial charge on any atom is -0.385 e. The predicted molar refractivity (Wildman–Crippen MR) is 75.8 cm³/mol. The van der Waals surface area contributed by atoms with Crippen molar-refractivity contribution in [3.05, 3.63) is 29.3 Å². The Hall–Kier alpha value is -0.980. The van der Waals surface area contributed by atoms with Gasteiger partial charge in [-0.3, -0.25) is 0 Å². The van der Waals surface area contributed by atoms with Crippen LogP contribution in [0.2, 0.25) is 0 Å². The second kappa shape index (κ2) is 5.12. The lowest BCUT2D eigenvalue weighted by molar-refractivity contribution is 0.463. The summed E-state index contributed by atoms with van der Waals surface area (Å²) >= 11 is 0. The van der Waals surface area contributed by atoms with Crippen molar-refractivity contribution < 1.29 is 0 Å². The summed E-state index contributed by atoms with van der Waals surface area (Å²) in [5.74, 6) is 2.07. The van der Waals surface area contributed by atoms with Gasteiger partial charge in [0.15, 0.2) is 0 Å². The van der Waals surface area contributed by atoms with Crippen LogP contribution in [0.5, 0.6) is 0 Å². The zero-order chi connectivity index (χ0) is 12.4. The molecule has 17 heavy (non-hydrogen) atoms. The zero-order valence-corrected chi connectivity index (χ0v) is 11.6.